The topological polar surface area (TPSA) is 112 Å². The molecule has 0 aliphatic rings. The van der Waals surface area contributed by atoms with E-state index < -0.39 is 17.4 Å². The molecule has 0 radical (unpaired) electrons. The van der Waals surface area contributed by atoms with Crippen LogP contribution in [0.15, 0.2) is 50.4 Å². The quantitative estimate of drug-likeness (QED) is 0.486. The second-order valence-electron chi connectivity index (χ2n) is 6.96. The van der Waals surface area contributed by atoms with Crippen LogP contribution in [0, 0.1) is 12.7 Å². The minimum atomic E-state index is -0.656. The highest BCUT2D eigenvalue weighted by atomic mass is 19.1. The number of rotatable bonds is 4. The van der Waals surface area contributed by atoms with Gasteiger partial charge in [0, 0.05) is 0 Å². The molecule has 4 aromatic heterocycles. The molecule has 1 N–H and O–H groups in total. The van der Waals surface area contributed by atoms with Crippen LogP contribution in [-0.2, 0) is 0 Å². The summed E-state index contributed by atoms with van der Waals surface area (Å²) in [6, 6.07) is 7.29. The normalized spacial score (nSPS) is 12.8. The zero-order valence-corrected chi connectivity index (χ0v) is 16.0. The Labute approximate surface area is 168 Å². The maximum absolute atomic E-state index is 14.6. The maximum atomic E-state index is 14.6. The molecule has 0 saturated heterocycles. The van der Waals surface area contributed by atoms with Crippen LogP contribution in [0.1, 0.15) is 18.7 Å². The number of hydrogen-bond acceptors (Lipinski definition) is 7. The summed E-state index contributed by atoms with van der Waals surface area (Å²) in [5.74, 6) is 0.755. The molecule has 5 aromatic rings. The summed E-state index contributed by atoms with van der Waals surface area (Å²) in [5.41, 5.74) is 0.316. The molecule has 0 aliphatic heterocycles. The Morgan fingerprint density at radius 2 is 2.07 bits per heavy atom. The summed E-state index contributed by atoms with van der Waals surface area (Å²) in [6.45, 7) is 3.08. The van der Waals surface area contributed by atoms with E-state index in [1.165, 1.54) is 21.4 Å². The van der Waals surface area contributed by atoms with E-state index in [1.807, 2.05) is 0 Å². The van der Waals surface area contributed by atoms with Crippen LogP contribution in [0.4, 0.5) is 4.39 Å². The molecule has 0 saturated carbocycles. The molecular formula is C20H16FN5O4. The number of benzene rings is 1. The highest BCUT2D eigenvalue weighted by molar-refractivity contribution is 5.84. The average molecular weight is 409 g/mol. The second kappa shape index (κ2) is 6.63. The first-order chi connectivity index (χ1) is 14.5. The molecule has 0 bridgehead atoms. The van der Waals surface area contributed by atoms with Gasteiger partial charge in [-0.25, -0.2) is 9.37 Å². The lowest BCUT2D eigenvalue weighted by Gasteiger charge is -2.17. The summed E-state index contributed by atoms with van der Waals surface area (Å²) < 4.78 is 28.1. The second-order valence-corrected chi connectivity index (χ2v) is 6.96. The fourth-order valence-corrected chi connectivity index (χ4v) is 3.52. The molecule has 5 rings (SSSR count). The monoisotopic (exact) mass is 409 g/mol. The molecular weight excluding hydrogens is 393 g/mol. The SMILES string of the molecule is Cc1ccc(-c2nc(-c3ncn4c3c(=O)n(C(C)CO)c3c(F)cccc34)no2)o1. The molecule has 0 spiro atoms. The average Bonchev–Trinajstić information content (AvgIpc) is 3.47. The smallest absolute Gasteiger partial charge is 0.293 e. The zero-order chi connectivity index (χ0) is 21.0. The highest BCUT2D eigenvalue weighted by Crippen LogP contribution is 2.27. The van der Waals surface area contributed by atoms with E-state index in [2.05, 4.69) is 15.1 Å². The summed E-state index contributed by atoms with van der Waals surface area (Å²) in [6.07, 6.45) is 1.41. The molecule has 30 heavy (non-hydrogen) atoms. The third kappa shape index (κ3) is 2.57. The van der Waals surface area contributed by atoms with Gasteiger partial charge in [0.05, 0.1) is 18.2 Å². The molecule has 4 heterocycles. The Morgan fingerprint density at radius 1 is 1.23 bits per heavy atom. The zero-order valence-electron chi connectivity index (χ0n) is 16.0. The summed E-state index contributed by atoms with van der Waals surface area (Å²) in [5, 5.41) is 13.6. The fraction of sp³-hybridized carbons (Fsp3) is 0.200. The van der Waals surface area contributed by atoms with Gasteiger partial charge in [0.2, 0.25) is 5.82 Å². The molecule has 9 nitrogen and oxygen atoms in total. The highest BCUT2D eigenvalue weighted by Gasteiger charge is 2.24. The van der Waals surface area contributed by atoms with Crippen LogP contribution < -0.4 is 5.56 Å². The number of imidazole rings is 1. The van der Waals surface area contributed by atoms with Crippen molar-refractivity contribution in [1.29, 1.82) is 0 Å². The van der Waals surface area contributed by atoms with Gasteiger partial charge in [0.25, 0.3) is 11.4 Å². The molecule has 0 amide bonds. The third-order valence-electron chi connectivity index (χ3n) is 4.95. The number of aromatic nitrogens is 5. The number of aliphatic hydroxyl groups excluding tert-OH is 1. The summed E-state index contributed by atoms with van der Waals surface area (Å²) in [7, 11) is 0. The van der Waals surface area contributed by atoms with Gasteiger partial charge in [-0.05, 0) is 38.1 Å². The van der Waals surface area contributed by atoms with Gasteiger partial charge in [0.1, 0.15) is 34.6 Å². The number of nitrogens with zero attached hydrogens (tertiary/aromatic N) is 5. The number of hydrogen-bond donors (Lipinski definition) is 1. The Hall–Kier alpha value is -3.79. The van der Waals surface area contributed by atoms with Crippen molar-refractivity contribution in [3.8, 4) is 23.2 Å². The molecule has 152 valence electrons. The van der Waals surface area contributed by atoms with E-state index in [0.29, 0.717) is 17.0 Å². The van der Waals surface area contributed by atoms with Crippen LogP contribution in [0.25, 0.3) is 39.7 Å². The van der Waals surface area contributed by atoms with Crippen LogP contribution in [0.3, 0.4) is 0 Å². The van der Waals surface area contributed by atoms with Crippen molar-refractivity contribution in [2.45, 2.75) is 19.9 Å². The van der Waals surface area contributed by atoms with E-state index >= 15 is 0 Å². The van der Waals surface area contributed by atoms with Crippen LogP contribution in [0.5, 0.6) is 0 Å². The lowest BCUT2D eigenvalue weighted by Crippen LogP contribution is -2.28. The van der Waals surface area contributed by atoms with E-state index in [-0.39, 0.29) is 35.0 Å². The summed E-state index contributed by atoms with van der Waals surface area (Å²) >= 11 is 0. The Balaban J connectivity index is 1.80. The van der Waals surface area contributed by atoms with Crippen LogP contribution in [-0.4, -0.2) is 35.8 Å². The molecule has 1 unspecified atom stereocenters. The number of furan rings is 1. The Bertz CT molecular complexity index is 1460. The lowest BCUT2D eigenvalue weighted by atomic mass is 10.2. The predicted octanol–water partition coefficient (Wildman–Crippen LogP) is 2.96. The first-order valence-corrected chi connectivity index (χ1v) is 9.21. The lowest BCUT2D eigenvalue weighted by molar-refractivity contribution is 0.239. The van der Waals surface area contributed by atoms with Gasteiger partial charge in [-0.2, -0.15) is 4.98 Å². The predicted molar refractivity (Wildman–Crippen MR) is 104 cm³/mol. The van der Waals surface area contributed by atoms with Gasteiger partial charge in [-0.1, -0.05) is 11.2 Å². The number of aliphatic hydroxyl groups is 1. The fourth-order valence-electron chi connectivity index (χ4n) is 3.52. The van der Waals surface area contributed by atoms with Crippen molar-refractivity contribution >= 4 is 16.6 Å². The minimum absolute atomic E-state index is 0.0837. The van der Waals surface area contributed by atoms with E-state index in [4.69, 9.17) is 8.94 Å². The maximum Gasteiger partial charge on any atom is 0.293 e. The van der Waals surface area contributed by atoms with Crippen LogP contribution in [0.2, 0.25) is 0 Å². The van der Waals surface area contributed by atoms with Crippen molar-refractivity contribution in [2.75, 3.05) is 6.61 Å². The van der Waals surface area contributed by atoms with Gasteiger partial charge in [-0.15, -0.1) is 0 Å². The molecule has 0 fully saturated rings. The van der Waals surface area contributed by atoms with Gasteiger partial charge in [-0.3, -0.25) is 13.8 Å². The molecule has 1 atom stereocenters. The first kappa shape index (κ1) is 18.3. The van der Waals surface area contributed by atoms with Crippen molar-refractivity contribution in [3.63, 3.8) is 0 Å². The molecule has 0 aliphatic carbocycles. The summed E-state index contributed by atoms with van der Waals surface area (Å²) in [4.78, 5) is 21.9. The van der Waals surface area contributed by atoms with E-state index in [9.17, 15) is 14.3 Å². The minimum Gasteiger partial charge on any atom is -0.456 e. The standard InChI is InChI=1S/C20H16FN5O4/c1-10(8-27)26-16-12(21)4-3-5-13(16)25-9-22-15(17(25)20(26)28)18-23-19(30-24-18)14-7-6-11(2)29-14/h3-7,9-10,27H,8H2,1-2H3. The van der Waals surface area contributed by atoms with E-state index in [1.54, 1.807) is 38.1 Å². The van der Waals surface area contributed by atoms with Crippen molar-refractivity contribution in [1.82, 2.24) is 24.1 Å². The third-order valence-corrected chi connectivity index (χ3v) is 4.95. The number of fused-ring (bicyclic) bond motifs is 3. The van der Waals surface area contributed by atoms with Gasteiger partial charge < -0.3 is 14.0 Å². The van der Waals surface area contributed by atoms with Crippen molar-refractivity contribution in [2.24, 2.45) is 0 Å². The van der Waals surface area contributed by atoms with Crippen LogP contribution >= 0.6 is 0 Å². The Kier molecular flexibility index (Phi) is 4.03. The largest absolute Gasteiger partial charge is 0.456 e. The molecule has 10 heteroatoms. The molecule has 1 aromatic carbocycles. The number of aryl methyl sites for hydroxylation is 1. The van der Waals surface area contributed by atoms with Crippen molar-refractivity contribution in [3.05, 3.63) is 58.6 Å². The van der Waals surface area contributed by atoms with Crippen molar-refractivity contribution < 1.29 is 18.4 Å². The number of para-hydroxylation sites is 1. The van der Waals surface area contributed by atoms with E-state index in [0.717, 1.165) is 0 Å². The number of halogens is 1. The van der Waals surface area contributed by atoms with Gasteiger partial charge >= 0.3 is 0 Å². The van der Waals surface area contributed by atoms with Gasteiger partial charge in [0.15, 0.2) is 5.76 Å². The first-order valence-electron chi connectivity index (χ1n) is 9.21. The Morgan fingerprint density at radius 3 is 2.80 bits per heavy atom.